The van der Waals surface area contributed by atoms with Crippen molar-refractivity contribution in [2.45, 2.75) is 63.5 Å². The summed E-state index contributed by atoms with van der Waals surface area (Å²) in [5.74, 6) is 1.85. The van der Waals surface area contributed by atoms with Crippen molar-refractivity contribution in [1.29, 1.82) is 0 Å². The first-order chi connectivity index (χ1) is 12.2. The highest BCUT2D eigenvalue weighted by atomic mass is 16.5. The molecule has 0 aliphatic heterocycles. The van der Waals surface area contributed by atoms with Crippen LogP contribution < -0.4 is 10.1 Å². The quantitative estimate of drug-likeness (QED) is 0.902. The van der Waals surface area contributed by atoms with Gasteiger partial charge in [0, 0.05) is 30.3 Å². The Kier molecular flexibility index (Phi) is 4.42. The number of aryl methyl sites for hydroxylation is 1. The fraction of sp³-hybridized carbons (Fsp3) is 0.526. The number of hydrogen-bond acceptors (Lipinski definition) is 5. The number of carbonyl (C=O) groups excluding carboxylic acids is 1. The highest BCUT2D eigenvalue weighted by Crippen LogP contribution is 2.40. The highest BCUT2D eigenvalue weighted by Gasteiger charge is 2.30. The van der Waals surface area contributed by atoms with Gasteiger partial charge in [0.15, 0.2) is 5.69 Å². The monoisotopic (exact) mass is 341 g/mol. The first kappa shape index (κ1) is 16.1. The Morgan fingerprint density at radius 1 is 1.20 bits per heavy atom. The molecule has 0 saturated heterocycles. The average Bonchev–Trinajstić information content (AvgIpc) is 3.35. The number of amides is 1. The molecule has 1 N–H and O–H groups in total. The van der Waals surface area contributed by atoms with Gasteiger partial charge in [-0.2, -0.15) is 0 Å². The van der Waals surface area contributed by atoms with E-state index in [9.17, 15) is 4.79 Å². The number of rotatable bonds is 5. The minimum atomic E-state index is -0.139. The van der Waals surface area contributed by atoms with Gasteiger partial charge in [0.1, 0.15) is 11.9 Å². The van der Waals surface area contributed by atoms with Crippen molar-refractivity contribution in [2.75, 3.05) is 0 Å². The lowest BCUT2D eigenvalue weighted by molar-refractivity contribution is 0.0881. The van der Waals surface area contributed by atoms with E-state index in [1.165, 1.54) is 0 Å². The maximum atomic E-state index is 12.3. The second-order valence-corrected chi connectivity index (χ2v) is 7.13. The lowest BCUT2D eigenvalue weighted by atomic mass is 9.93. The summed E-state index contributed by atoms with van der Waals surface area (Å²) in [6, 6.07) is 5.86. The van der Waals surface area contributed by atoms with Crippen LogP contribution in [0.2, 0.25) is 0 Å². The average molecular weight is 341 g/mol. The number of nitrogens with one attached hydrogen (secondary N) is 1. The number of nitrogens with zero attached hydrogens (tertiary/aromatic N) is 2. The van der Waals surface area contributed by atoms with Gasteiger partial charge in [-0.15, -0.1) is 0 Å². The van der Waals surface area contributed by atoms with E-state index in [4.69, 9.17) is 9.26 Å². The van der Waals surface area contributed by atoms with Crippen LogP contribution in [0, 0.1) is 6.92 Å². The molecule has 0 bridgehead atoms. The van der Waals surface area contributed by atoms with Crippen molar-refractivity contribution >= 4 is 5.91 Å². The fourth-order valence-corrected chi connectivity index (χ4v) is 3.24. The Balaban J connectivity index is 1.25. The van der Waals surface area contributed by atoms with Gasteiger partial charge in [0.25, 0.3) is 5.91 Å². The van der Waals surface area contributed by atoms with Gasteiger partial charge in [0.2, 0.25) is 5.88 Å². The van der Waals surface area contributed by atoms with E-state index in [2.05, 4.69) is 15.5 Å². The normalized spacial score (nSPS) is 23.2. The van der Waals surface area contributed by atoms with Crippen molar-refractivity contribution in [3.05, 3.63) is 41.4 Å². The van der Waals surface area contributed by atoms with Gasteiger partial charge in [-0.3, -0.25) is 4.79 Å². The predicted molar refractivity (Wildman–Crippen MR) is 91.6 cm³/mol. The van der Waals surface area contributed by atoms with E-state index in [1.807, 2.05) is 25.3 Å². The summed E-state index contributed by atoms with van der Waals surface area (Å²) in [4.78, 5) is 16.6. The molecule has 25 heavy (non-hydrogen) atoms. The van der Waals surface area contributed by atoms with Crippen LogP contribution in [0.25, 0.3) is 0 Å². The molecule has 2 saturated carbocycles. The molecular formula is C19H23N3O3. The zero-order chi connectivity index (χ0) is 17.2. The molecular weight excluding hydrogens is 318 g/mol. The molecule has 2 aliphatic rings. The van der Waals surface area contributed by atoms with Gasteiger partial charge in [-0.25, -0.2) is 4.98 Å². The molecule has 132 valence electrons. The van der Waals surface area contributed by atoms with Gasteiger partial charge < -0.3 is 14.6 Å². The summed E-state index contributed by atoms with van der Waals surface area (Å²) in [6.07, 6.45) is 7.86. The third-order valence-electron chi connectivity index (χ3n) is 4.92. The number of pyridine rings is 1. The largest absolute Gasteiger partial charge is 0.474 e. The number of hydrogen-bond donors (Lipinski definition) is 1. The van der Waals surface area contributed by atoms with Crippen molar-refractivity contribution in [3.8, 4) is 5.88 Å². The van der Waals surface area contributed by atoms with E-state index in [1.54, 1.807) is 6.07 Å². The molecule has 6 nitrogen and oxygen atoms in total. The molecule has 2 heterocycles. The van der Waals surface area contributed by atoms with Crippen LogP contribution in [0.15, 0.2) is 28.9 Å². The van der Waals surface area contributed by atoms with Crippen LogP contribution in [-0.2, 0) is 0 Å². The minimum absolute atomic E-state index is 0.139. The zero-order valence-electron chi connectivity index (χ0n) is 14.4. The van der Waals surface area contributed by atoms with Crippen molar-refractivity contribution in [2.24, 2.45) is 0 Å². The van der Waals surface area contributed by atoms with Crippen LogP contribution in [0.5, 0.6) is 5.88 Å². The van der Waals surface area contributed by atoms with Crippen LogP contribution >= 0.6 is 0 Å². The van der Waals surface area contributed by atoms with Gasteiger partial charge in [0.05, 0.1) is 0 Å². The number of aromatic nitrogens is 2. The van der Waals surface area contributed by atoms with Gasteiger partial charge in [-0.1, -0.05) is 11.2 Å². The molecule has 0 spiro atoms. The molecule has 2 aromatic heterocycles. The zero-order valence-corrected chi connectivity index (χ0v) is 14.4. The Labute approximate surface area is 147 Å². The highest BCUT2D eigenvalue weighted by molar-refractivity contribution is 5.92. The number of ether oxygens (including phenoxy) is 1. The molecule has 4 rings (SSSR count). The Bertz CT molecular complexity index is 729. The lowest BCUT2D eigenvalue weighted by Crippen LogP contribution is -2.39. The van der Waals surface area contributed by atoms with E-state index < -0.39 is 0 Å². The Morgan fingerprint density at radius 2 is 2.00 bits per heavy atom. The SMILES string of the molecule is Cc1ccc(OC2CCC(NC(=O)c3cc(C4CC4)on3)CC2)nc1. The van der Waals surface area contributed by atoms with Crippen molar-refractivity contribution < 1.29 is 14.1 Å². The number of carbonyl (C=O) groups is 1. The molecule has 1 amide bonds. The third-order valence-corrected chi connectivity index (χ3v) is 4.92. The molecule has 0 atom stereocenters. The summed E-state index contributed by atoms with van der Waals surface area (Å²) in [7, 11) is 0. The van der Waals surface area contributed by atoms with Gasteiger partial charge >= 0.3 is 0 Å². The summed E-state index contributed by atoms with van der Waals surface area (Å²) in [5.41, 5.74) is 1.51. The third kappa shape index (κ3) is 4.00. The molecule has 2 aliphatic carbocycles. The van der Waals surface area contributed by atoms with E-state index in [0.29, 0.717) is 17.5 Å². The molecule has 0 unspecified atom stereocenters. The molecule has 2 aromatic rings. The first-order valence-corrected chi connectivity index (χ1v) is 9.04. The second kappa shape index (κ2) is 6.86. The van der Waals surface area contributed by atoms with Crippen LogP contribution in [0.3, 0.4) is 0 Å². The fourth-order valence-electron chi connectivity index (χ4n) is 3.24. The van der Waals surface area contributed by atoms with Gasteiger partial charge in [-0.05, 0) is 51.0 Å². The van der Waals surface area contributed by atoms with Crippen LogP contribution in [0.4, 0.5) is 0 Å². The van der Waals surface area contributed by atoms with Crippen LogP contribution in [0.1, 0.15) is 66.3 Å². The molecule has 0 aromatic carbocycles. The Hall–Kier alpha value is -2.37. The molecule has 6 heteroatoms. The van der Waals surface area contributed by atoms with E-state index >= 15 is 0 Å². The Morgan fingerprint density at radius 3 is 2.68 bits per heavy atom. The minimum Gasteiger partial charge on any atom is -0.474 e. The lowest BCUT2D eigenvalue weighted by Gasteiger charge is -2.29. The summed E-state index contributed by atoms with van der Waals surface area (Å²) >= 11 is 0. The smallest absolute Gasteiger partial charge is 0.273 e. The second-order valence-electron chi connectivity index (χ2n) is 7.13. The molecule has 2 fully saturated rings. The summed E-state index contributed by atoms with van der Waals surface area (Å²) in [6.45, 7) is 2.01. The topological polar surface area (TPSA) is 77.2 Å². The maximum absolute atomic E-state index is 12.3. The van der Waals surface area contributed by atoms with E-state index in [0.717, 1.165) is 49.8 Å². The molecule has 0 radical (unpaired) electrons. The van der Waals surface area contributed by atoms with Crippen molar-refractivity contribution in [1.82, 2.24) is 15.5 Å². The maximum Gasteiger partial charge on any atom is 0.273 e. The van der Waals surface area contributed by atoms with Crippen LogP contribution in [-0.4, -0.2) is 28.2 Å². The summed E-state index contributed by atoms with van der Waals surface area (Å²) < 4.78 is 11.2. The van der Waals surface area contributed by atoms with Crippen molar-refractivity contribution in [3.63, 3.8) is 0 Å². The standard InChI is InChI=1S/C19H23N3O3/c1-12-2-9-18(20-11-12)24-15-7-5-14(6-8-15)21-19(23)16-10-17(25-22-16)13-3-4-13/h2,9-11,13-15H,3-8H2,1H3,(H,21,23). The predicted octanol–water partition coefficient (Wildman–Crippen LogP) is 3.38. The summed E-state index contributed by atoms with van der Waals surface area (Å²) in [5, 5.41) is 6.97. The first-order valence-electron chi connectivity index (χ1n) is 9.04. The van der Waals surface area contributed by atoms with E-state index in [-0.39, 0.29) is 18.1 Å².